The maximum absolute atomic E-state index is 12.8. The number of aryl methyl sites for hydroxylation is 1. The molecule has 2 heterocycles. The second kappa shape index (κ2) is 7.94. The van der Waals surface area contributed by atoms with Crippen molar-refractivity contribution in [3.05, 3.63) is 57.5 Å². The number of hydrogen-bond acceptors (Lipinski definition) is 6. The summed E-state index contributed by atoms with van der Waals surface area (Å²) in [6.45, 7) is 1.92. The lowest BCUT2D eigenvalue weighted by atomic mass is 10.1. The highest BCUT2D eigenvalue weighted by Gasteiger charge is 2.29. The van der Waals surface area contributed by atoms with Gasteiger partial charge in [0.2, 0.25) is 6.10 Å². The normalized spacial score (nSPS) is 12.0. The Kier molecular flexibility index (Phi) is 5.62. The van der Waals surface area contributed by atoms with Gasteiger partial charge in [0.15, 0.2) is 5.65 Å². The number of nitrogens with zero attached hydrogens (tertiary/aromatic N) is 2. The molecule has 0 spiro atoms. The summed E-state index contributed by atoms with van der Waals surface area (Å²) in [5.74, 6) is -0.824. The van der Waals surface area contributed by atoms with Crippen molar-refractivity contribution in [2.75, 3.05) is 7.11 Å². The van der Waals surface area contributed by atoms with E-state index in [0.717, 1.165) is 0 Å². The van der Waals surface area contributed by atoms with E-state index in [2.05, 4.69) is 15.0 Å². The minimum Gasteiger partial charge on any atom is -0.466 e. The van der Waals surface area contributed by atoms with Gasteiger partial charge < -0.3 is 14.5 Å². The highest BCUT2D eigenvalue weighted by atomic mass is 35.5. The Morgan fingerprint density at radius 3 is 2.70 bits per heavy atom. The van der Waals surface area contributed by atoms with Crippen LogP contribution in [0, 0.1) is 0 Å². The zero-order valence-corrected chi connectivity index (χ0v) is 16.0. The van der Waals surface area contributed by atoms with E-state index in [-0.39, 0.29) is 16.1 Å². The number of imidazole rings is 1. The summed E-state index contributed by atoms with van der Waals surface area (Å²) in [6, 6.07) is 5.99. The van der Waals surface area contributed by atoms with Gasteiger partial charge in [-0.1, -0.05) is 36.2 Å². The SMILES string of the molecule is CCc1nc2nccc(C(=O)OC(C(=O)OC)c3ccc(Cl)cc3Cl)c2[nH]1. The second-order valence-corrected chi connectivity index (χ2v) is 6.41. The molecule has 0 radical (unpaired) electrons. The molecule has 0 saturated carbocycles. The number of carbonyl (C=O) groups excluding carboxylic acids is 2. The number of aromatic nitrogens is 3. The van der Waals surface area contributed by atoms with E-state index in [4.69, 9.17) is 32.7 Å². The number of rotatable bonds is 5. The molecule has 0 fully saturated rings. The fourth-order valence-electron chi connectivity index (χ4n) is 2.53. The molecule has 0 aliphatic rings. The predicted octanol–water partition coefficient (Wildman–Crippen LogP) is 3.90. The van der Waals surface area contributed by atoms with E-state index < -0.39 is 18.0 Å². The molecule has 0 amide bonds. The van der Waals surface area contributed by atoms with Crippen LogP contribution < -0.4 is 0 Å². The number of fused-ring (bicyclic) bond motifs is 1. The van der Waals surface area contributed by atoms with E-state index in [1.807, 2.05) is 6.92 Å². The fraction of sp³-hybridized carbons (Fsp3) is 0.222. The number of methoxy groups -OCH3 is 1. The number of halogens is 2. The van der Waals surface area contributed by atoms with Crippen molar-refractivity contribution in [2.45, 2.75) is 19.4 Å². The van der Waals surface area contributed by atoms with Crippen molar-refractivity contribution in [1.29, 1.82) is 0 Å². The van der Waals surface area contributed by atoms with Gasteiger partial charge in [-0.05, 0) is 18.2 Å². The topological polar surface area (TPSA) is 94.2 Å². The Bertz CT molecular complexity index is 1020. The van der Waals surface area contributed by atoms with Crippen molar-refractivity contribution in [2.24, 2.45) is 0 Å². The molecule has 2 aromatic heterocycles. The van der Waals surface area contributed by atoms with Gasteiger partial charge in [0, 0.05) is 28.2 Å². The Morgan fingerprint density at radius 1 is 1.26 bits per heavy atom. The van der Waals surface area contributed by atoms with E-state index in [1.165, 1.54) is 31.5 Å². The molecule has 3 rings (SSSR count). The van der Waals surface area contributed by atoms with Gasteiger partial charge >= 0.3 is 11.9 Å². The molecular formula is C18H15Cl2N3O4. The van der Waals surface area contributed by atoms with E-state index in [1.54, 1.807) is 6.07 Å². The molecule has 0 bridgehead atoms. The summed E-state index contributed by atoms with van der Waals surface area (Å²) in [6.07, 6.45) is 0.751. The monoisotopic (exact) mass is 407 g/mol. The molecule has 9 heteroatoms. The van der Waals surface area contributed by atoms with Crippen LogP contribution in [0.1, 0.15) is 34.8 Å². The summed E-state index contributed by atoms with van der Waals surface area (Å²) in [5, 5.41) is 0.569. The number of esters is 2. The lowest BCUT2D eigenvalue weighted by Crippen LogP contribution is -2.21. The average molecular weight is 408 g/mol. The standard InChI is InChI=1S/C18H15Cl2N3O4/c1-3-13-22-14-11(6-7-21-16(14)23-13)17(24)27-15(18(25)26-2)10-5-4-9(19)8-12(10)20/h4-8,15H,3H2,1-2H3,(H,21,22,23). The van der Waals surface area contributed by atoms with Crippen LogP contribution >= 0.6 is 23.2 Å². The summed E-state index contributed by atoms with van der Waals surface area (Å²) >= 11 is 12.1. The number of benzene rings is 1. The molecule has 1 unspecified atom stereocenters. The number of carbonyl (C=O) groups is 2. The summed E-state index contributed by atoms with van der Waals surface area (Å²) < 4.78 is 10.2. The third-order valence-corrected chi connectivity index (χ3v) is 4.44. The molecule has 1 atom stereocenters. The molecule has 3 aromatic rings. The van der Waals surface area contributed by atoms with Gasteiger partial charge in [-0.15, -0.1) is 0 Å². The minimum atomic E-state index is -1.34. The molecule has 0 saturated heterocycles. The number of aromatic amines is 1. The lowest BCUT2D eigenvalue weighted by molar-refractivity contribution is -0.151. The maximum Gasteiger partial charge on any atom is 0.352 e. The average Bonchev–Trinajstić information content (AvgIpc) is 3.09. The Hall–Kier alpha value is -2.64. The van der Waals surface area contributed by atoms with E-state index in [9.17, 15) is 9.59 Å². The largest absolute Gasteiger partial charge is 0.466 e. The smallest absolute Gasteiger partial charge is 0.352 e. The zero-order chi connectivity index (χ0) is 19.6. The molecule has 0 aliphatic carbocycles. The summed E-state index contributed by atoms with van der Waals surface area (Å²) in [5.41, 5.74) is 1.29. The molecular weight excluding hydrogens is 393 g/mol. The van der Waals surface area contributed by atoms with Crippen LogP contribution in [0.25, 0.3) is 11.2 Å². The number of ether oxygens (including phenoxy) is 2. The summed E-state index contributed by atoms with van der Waals surface area (Å²) in [7, 11) is 1.19. The zero-order valence-electron chi connectivity index (χ0n) is 14.5. The first-order valence-corrected chi connectivity index (χ1v) is 8.77. The van der Waals surface area contributed by atoms with Crippen LogP contribution in [0.4, 0.5) is 0 Å². The minimum absolute atomic E-state index is 0.181. The van der Waals surface area contributed by atoms with Crippen LogP contribution in [0.2, 0.25) is 10.0 Å². The van der Waals surface area contributed by atoms with Crippen LogP contribution in [0.15, 0.2) is 30.5 Å². The third kappa shape index (κ3) is 3.89. The van der Waals surface area contributed by atoms with Gasteiger partial charge in [0.05, 0.1) is 18.2 Å². The van der Waals surface area contributed by atoms with Gasteiger partial charge in [-0.3, -0.25) is 0 Å². The molecule has 1 aromatic carbocycles. The lowest BCUT2D eigenvalue weighted by Gasteiger charge is -2.17. The number of hydrogen-bond donors (Lipinski definition) is 1. The van der Waals surface area contributed by atoms with Crippen molar-refractivity contribution >= 4 is 46.3 Å². The first-order valence-electron chi connectivity index (χ1n) is 8.02. The van der Waals surface area contributed by atoms with Gasteiger partial charge in [0.1, 0.15) is 5.82 Å². The van der Waals surface area contributed by atoms with Crippen LogP contribution in [0.3, 0.4) is 0 Å². The quantitative estimate of drug-likeness (QED) is 0.644. The molecule has 0 aliphatic heterocycles. The van der Waals surface area contributed by atoms with Crippen molar-refractivity contribution in [3.8, 4) is 0 Å². The van der Waals surface area contributed by atoms with Gasteiger partial charge in [0.25, 0.3) is 0 Å². The first-order chi connectivity index (χ1) is 12.9. The Labute approximate surface area is 164 Å². The number of pyridine rings is 1. The van der Waals surface area contributed by atoms with Gasteiger partial charge in [-0.25, -0.2) is 19.6 Å². The van der Waals surface area contributed by atoms with Crippen molar-refractivity contribution in [1.82, 2.24) is 15.0 Å². The van der Waals surface area contributed by atoms with Gasteiger partial charge in [-0.2, -0.15) is 0 Å². The molecule has 7 nitrogen and oxygen atoms in total. The highest BCUT2D eigenvalue weighted by molar-refractivity contribution is 6.35. The van der Waals surface area contributed by atoms with Crippen LogP contribution in [0.5, 0.6) is 0 Å². The Morgan fingerprint density at radius 2 is 2.04 bits per heavy atom. The summed E-state index contributed by atoms with van der Waals surface area (Å²) in [4.78, 5) is 36.4. The first kappa shape index (κ1) is 19.1. The number of H-pyrrole nitrogens is 1. The third-order valence-electron chi connectivity index (χ3n) is 3.88. The number of nitrogens with one attached hydrogen (secondary N) is 1. The van der Waals surface area contributed by atoms with Crippen molar-refractivity contribution < 1.29 is 19.1 Å². The predicted molar refractivity (Wildman–Crippen MR) is 99.9 cm³/mol. The van der Waals surface area contributed by atoms with Crippen LogP contribution in [-0.2, 0) is 20.7 Å². The van der Waals surface area contributed by atoms with E-state index >= 15 is 0 Å². The second-order valence-electron chi connectivity index (χ2n) is 5.57. The highest BCUT2D eigenvalue weighted by Crippen LogP contribution is 2.30. The maximum atomic E-state index is 12.8. The van der Waals surface area contributed by atoms with Crippen molar-refractivity contribution in [3.63, 3.8) is 0 Å². The van der Waals surface area contributed by atoms with Crippen LogP contribution in [-0.4, -0.2) is 34.0 Å². The molecule has 1 N–H and O–H groups in total. The fourth-order valence-corrected chi connectivity index (χ4v) is 3.03. The Balaban J connectivity index is 1.98. The van der Waals surface area contributed by atoms with E-state index in [0.29, 0.717) is 28.4 Å². The molecule has 140 valence electrons. The molecule has 27 heavy (non-hydrogen) atoms.